The molecule has 4 aromatic heterocycles. The Balaban J connectivity index is 1.24. The summed E-state index contributed by atoms with van der Waals surface area (Å²) in [4.78, 5) is 45.5. The second-order valence-corrected chi connectivity index (χ2v) is 11.9. The van der Waals surface area contributed by atoms with Gasteiger partial charge in [0, 0.05) is 62.9 Å². The molecule has 2 aliphatic heterocycles. The van der Waals surface area contributed by atoms with Crippen LogP contribution in [0.4, 0.5) is 17.2 Å². The predicted molar refractivity (Wildman–Crippen MR) is 155 cm³/mol. The third-order valence-corrected chi connectivity index (χ3v) is 8.39. The van der Waals surface area contributed by atoms with Crippen LogP contribution < -0.4 is 21.1 Å². The van der Waals surface area contributed by atoms with E-state index in [4.69, 9.17) is 0 Å². The quantitative estimate of drug-likeness (QED) is 0.366. The van der Waals surface area contributed by atoms with E-state index in [1.807, 2.05) is 16.8 Å². The third-order valence-electron chi connectivity index (χ3n) is 8.39. The SMILES string of the molecule is Cn1cc(-c2nccc(N3CCn4c(cc5c4CC(C)(C)C5)C3=O)c2C=O)cc(Nc2cc3n(n2)CCNC3)c1=O. The number of anilines is 3. The van der Waals surface area contributed by atoms with Crippen molar-refractivity contribution in [1.29, 1.82) is 0 Å². The lowest BCUT2D eigenvalue weighted by atomic mass is 9.90. The fraction of sp³-hybridized carbons (Fsp3) is 0.367. The zero-order valence-corrected chi connectivity index (χ0v) is 23.4. The van der Waals surface area contributed by atoms with Crippen molar-refractivity contribution in [2.75, 3.05) is 23.3 Å². The highest BCUT2D eigenvalue weighted by Crippen LogP contribution is 2.40. The van der Waals surface area contributed by atoms with Crippen molar-refractivity contribution in [3.8, 4) is 11.3 Å². The van der Waals surface area contributed by atoms with Crippen molar-refractivity contribution in [2.45, 2.75) is 46.3 Å². The summed E-state index contributed by atoms with van der Waals surface area (Å²) in [7, 11) is 1.66. The average molecular weight is 553 g/mol. The van der Waals surface area contributed by atoms with Crippen LogP contribution in [0.25, 0.3) is 11.3 Å². The maximum absolute atomic E-state index is 13.7. The number of amides is 1. The number of carbonyl (C=O) groups excluding carboxylic acids is 2. The maximum atomic E-state index is 13.7. The number of rotatable bonds is 5. The first kappa shape index (κ1) is 25.5. The Morgan fingerprint density at radius 3 is 2.76 bits per heavy atom. The molecule has 6 heterocycles. The number of nitrogens with one attached hydrogen (secondary N) is 2. The molecule has 0 radical (unpaired) electrons. The highest BCUT2D eigenvalue weighted by molar-refractivity contribution is 6.09. The van der Waals surface area contributed by atoms with E-state index in [1.54, 1.807) is 36.5 Å². The highest BCUT2D eigenvalue weighted by atomic mass is 16.2. The first-order valence-corrected chi connectivity index (χ1v) is 14.0. The number of carbonyl (C=O) groups is 2. The second kappa shape index (κ2) is 9.27. The molecule has 1 amide bonds. The van der Waals surface area contributed by atoms with E-state index >= 15 is 0 Å². The first-order valence-electron chi connectivity index (χ1n) is 14.0. The van der Waals surface area contributed by atoms with Crippen LogP contribution in [0, 0.1) is 5.41 Å². The Morgan fingerprint density at radius 2 is 1.95 bits per heavy atom. The monoisotopic (exact) mass is 552 g/mol. The van der Waals surface area contributed by atoms with Gasteiger partial charge in [0.1, 0.15) is 11.4 Å². The van der Waals surface area contributed by atoms with Gasteiger partial charge in [0.2, 0.25) is 0 Å². The van der Waals surface area contributed by atoms with Gasteiger partial charge in [-0.25, -0.2) is 0 Å². The molecule has 0 unspecified atom stereocenters. The van der Waals surface area contributed by atoms with Gasteiger partial charge in [-0.3, -0.25) is 24.0 Å². The van der Waals surface area contributed by atoms with E-state index in [0.29, 0.717) is 59.3 Å². The Bertz CT molecular complexity index is 1770. The minimum atomic E-state index is -0.232. The fourth-order valence-corrected chi connectivity index (χ4v) is 6.51. The molecule has 210 valence electrons. The third kappa shape index (κ3) is 4.19. The van der Waals surface area contributed by atoms with Crippen LogP contribution in [-0.4, -0.2) is 49.2 Å². The Kier molecular flexibility index (Phi) is 5.75. The van der Waals surface area contributed by atoms with Crippen LogP contribution >= 0.6 is 0 Å². The zero-order chi connectivity index (χ0) is 28.5. The standard InChI is InChI=1S/C30H32N8O3/c1-30(2)13-18-11-24-29(41)37(9-8-36(24)25(18)14-30)23-4-5-32-27(21(23)17-39)19-10-22(28(40)35(3)16-19)33-26-12-20-15-31-6-7-38(20)34-26/h4-5,10-12,16-17,31H,6-9,13-15H2,1-3H3,(H,33,34). The normalized spacial score (nSPS) is 17.2. The Labute approximate surface area is 236 Å². The molecule has 11 heteroatoms. The molecule has 0 atom stereocenters. The van der Waals surface area contributed by atoms with Gasteiger partial charge in [-0.15, -0.1) is 0 Å². The number of hydrogen-bond acceptors (Lipinski definition) is 7. The van der Waals surface area contributed by atoms with Crippen LogP contribution in [0.3, 0.4) is 0 Å². The number of pyridine rings is 2. The lowest BCUT2D eigenvalue weighted by molar-refractivity contribution is 0.0964. The van der Waals surface area contributed by atoms with Crippen LogP contribution in [0.15, 0.2) is 41.5 Å². The van der Waals surface area contributed by atoms with Crippen LogP contribution in [0.1, 0.15) is 51.6 Å². The summed E-state index contributed by atoms with van der Waals surface area (Å²) in [6.45, 7) is 7.95. The molecule has 0 spiro atoms. The summed E-state index contributed by atoms with van der Waals surface area (Å²) in [6, 6.07) is 7.34. The van der Waals surface area contributed by atoms with Gasteiger partial charge in [0.05, 0.1) is 29.2 Å². The maximum Gasteiger partial charge on any atom is 0.274 e. The number of aldehydes is 1. The minimum absolute atomic E-state index is 0.121. The van der Waals surface area contributed by atoms with Gasteiger partial charge in [0.25, 0.3) is 11.5 Å². The summed E-state index contributed by atoms with van der Waals surface area (Å²) in [5.41, 5.74) is 6.30. The summed E-state index contributed by atoms with van der Waals surface area (Å²) in [6.07, 6.45) is 5.92. The fourth-order valence-electron chi connectivity index (χ4n) is 6.51. The highest BCUT2D eigenvalue weighted by Gasteiger charge is 2.37. The van der Waals surface area contributed by atoms with Gasteiger partial charge in [0.15, 0.2) is 12.1 Å². The van der Waals surface area contributed by atoms with Crippen molar-refractivity contribution in [3.63, 3.8) is 0 Å². The molecule has 1 aliphatic carbocycles. The van der Waals surface area contributed by atoms with Gasteiger partial charge >= 0.3 is 0 Å². The molecular weight excluding hydrogens is 520 g/mol. The van der Waals surface area contributed by atoms with Crippen LogP contribution in [0.2, 0.25) is 0 Å². The average Bonchev–Trinajstić information content (AvgIpc) is 3.60. The lowest BCUT2D eigenvalue weighted by Crippen LogP contribution is -2.41. The van der Waals surface area contributed by atoms with Crippen LogP contribution in [0.5, 0.6) is 0 Å². The van der Waals surface area contributed by atoms with E-state index in [0.717, 1.165) is 37.9 Å². The zero-order valence-electron chi connectivity index (χ0n) is 23.4. The van der Waals surface area contributed by atoms with Crippen molar-refractivity contribution in [1.82, 2.24) is 29.2 Å². The van der Waals surface area contributed by atoms with E-state index in [9.17, 15) is 14.4 Å². The van der Waals surface area contributed by atoms with Crippen molar-refractivity contribution in [3.05, 3.63) is 75.2 Å². The molecule has 0 saturated heterocycles. The van der Waals surface area contributed by atoms with E-state index in [-0.39, 0.29) is 16.9 Å². The van der Waals surface area contributed by atoms with Crippen LogP contribution in [-0.2, 0) is 39.5 Å². The van der Waals surface area contributed by atoms with Crippen molar-refractivity contribution in [2.24, 2.45) is 12.5 Å². The Hall–Kier alpha value is -4.51. The van der Waals surface area contributed by atoms with E-state index in [2.05, 4.69) is 39.1 Å². The molecule has 7 rings (SSSR count). The number of aromatic nitrogens is 5. The molecule has 2 N–H and O–H groups in total. The van der Waals surface area contributed by atoms with Gasteiger partial charge in [-0.05, 0) is 42.0 Å². The minimum Gasteiger partial charge on any atom is -0.339 e. The van der Waals surface area contributed by atoms with Gasteiger partial charge < -0.3 is 24.7 Å². The number of fused-ring (bicyclic) bond motifs is 4. The molecule has 0 bridgehead atoms. The molecule has 3 aliphatic rings. The number of hydrogen-bond donors (Lipinski definition) is 2. The smallest absolute Gasteiger partial charge is 0.274 e. The number of aryl methyl sites for hydroxylation is 1. The van der Waals surface area contributed by atoms with Gasteiger partial charge in [-0.1, -0.05) is 13.8 Å². The second-order valence-electron chi connectivity index (χ2n) is 11.9. The number of nitrogens with zero attached hydrogens (tertiary/aromatic N) is 6. The summed E-state index contributed by atoms with van der Waals surface area (Å²) < 4.78 is 5.53. The largest absolute Gasteiger partial charge is 0.339 e. The molecule has 0 saturated carbocycles. The topological polar surface area (TPSA) is 119 Å². The Morgan fingerprint density at radius 1 is 1.10 bits per heavy atom. The van der Waals surface area contributed by atoms with Crippen molar-refractivity contribution < 1.29 is 9.59 Å². The summed E-state index contributed by atoms with van der Waals surface area (Å²) >= 11 is 0. The van der Waals surface area contributed by atoms with Gasteiger partial charge in [-0.2, -0.15) is 5.10 Å². The predicted octanol–water partition coefficient (Wildman–Crippen LogP) is 2.89. The summed E-state index contributed by atoms with van der Waals surface area (Å²) in [5.74, 6) is 0.456. The molecule has 11 nitrogen and oxygen atoms in total. The van der Waals surface area contributed by atoms with Crippen molar-refractivity contribution >= 4 is 29.4 Å². The van der Waals surface area contributed by atoms with E-state index in [1.165, 1.54) is 15.8 Å². The molecule has 41 heavy (non-hydrogen) atoms. The first-order chi connectivity index (χ1) is 19.7. The molecule has 0 aromatic carbocycles. The molecule has 4 aromatic rings. The molecular formula is C30H32N8O3. The summed E-state index contributed by atoms with van der Waals surface area (Å²) in [5, 5.41) is 11.1. The molecule has 0 fully saturated rings. The lowest BCUT2D eigenvalue weighted by Gasteiger charge is -2.31. The van der Waals surface area contributed by atoms with E-state index < -0.39 is 0 Å².